The molecule has 0 atom stereocenters. The molecule has 0 radical (unpaired) electrons. The molecule has 0 spiro atoms. The van der Waals surface area contributed by atoms with E-state index in [-0.39, 0.29) is 17.9 Å². The van der Waals surface area contributed by atoms with Gasteiger partial charge in [0, 0.05) is 12.1 Å². The van der Waals surface area contributed by atoms with Gasteiger partial charge in [-0.05, 0) is 24.6 Å². The number of carbonyl (C=O) groups is 1. The van der Waals surface area contributed by atoms with Gasteiger partial charge in [-0.15, -0.1) is 0 Å². The van der Waals surface area contributed by atoms with Crippen molar-refractivity contribution < 1.29 is 14.3 Å². The summed E-state index contributed by atoms with van der Waals surface area (Å²) in [6.45, 7) is 2.06. The highest BCUT2D eigenvalue weighted by molar-refractivity contribution is 5.95. The highest BCUT2D eigenvalue weighted by Gasteiger charge is 2.12. The van der Waals surface area contributed by atoms with E-state index < -0.39 is 5.97 Å². The number of benzene rings is 2. The van der Waals surface area contributed by atoms with E-state index in [1.54, 1.807) is 24.3 Å². The van der Waals surface area contributed by atoms with Gasteiger partial charge in [-0.1, -0.05) is 30.3 Å². The number of aryl methyl sites for hydroxylation is 1. The molecule has 2 aromatic carbocycles. The van der Waals surface area contributed by atoms with Crippen molar-refractivity contribution in [3.63, 3.8) is 0 Å². The number of anilines is 1. The molecule has 0 saturated heterocycles. The predicted molar refractivity (Wildman–Crippen MR) is 71.9 cm³/mol. The van der Waals surface area contributed by atoms with Gasteiger partial charge >= 0.3 is 5.97 Å². The van der Waals surface area contributed by atoms with E-state index >= 15 is 0 Å². The summed E-state index contributed by atoms with van der Waals surface area (Å²) in [5.74, 6) is -1.31. The number of nitrogens with one attached hydrogen (secondary N) is 1. The van der Waals surface area contributed by atoms with Gasteiger partial charge in [0.2, 0.25) is 0 Å². The lowest BCUT2D eigenvalue weighted by Gasteiger charge is -2.13. The smallest absolute Gasteiger partial charge is 0.337 e. The van der Waals surface area contributed by atoms with Crippen LogP contribution in [-0.2, 0) is 6.54 Å². The normalized spacial score (nSPS) is 10.2. The molecule has 0 aliphatic heterocycles. The Balaban J connectivity index is 2.25. The van der Waals surface area contributed by atoms with Gasteiger partial charge in [0.15, 0.2) is 0 Å². The number of aromatic carboxylic acids is 1. The Morgan fingerprint density at radius 2 is 1.95 bits per heavy atom. The third-order valence-corrected chi connectivity index (χ3v) is 2.92. The molecule has 3 nitrogen and oxygen atoms in total. The third kappa shape index (κ3) is 2.91. The van der Waals surface area contributed by atoms with Crippen molar-refractivity contribution >= 4 is 11.7 Å². The first-order chi connectivity index (χ1) is 9.09. The van der Waals surface area contributed by atoms with Crippen molar-refractivity contribution in [1.82, 2.24) is 0 Å². The summed E-state index contributed by atoms with van der Waals surface area (Å²) in [6, 6.07) is 11.4. The van der Waals surface area contributed by atoms with Crippen LogP contribution in [0.25, 0.3) is 0 Å². The van der Waals surface area contributed by atoms with E-state index in [4.69, 9.17) is 5.11 Å². The molecule has 19 heavy (non-hydrogen) atoms. The summed E-state index contributed by atoms with van der Waals surface area (Å²) < 4.78 is 13.5. The summed E-state index contributed by atoms with van der Waals surface area (Å²) >= 11 is 0. The van der Waals surface area contributed by atoms with Crippen LogP contribution in [0, 0.1) is 12.7 Å². The monoisotopic (exact) mass is 259 g/mol. The van der Waals surface area contributed by atoms with E-state index in [1.807, 2.05) is 13.0 Å². The number of para-hydroxylation sites is 1. The van der Waals surface area contributed by atoms with Crippen molar-refractivity contribution in [2.24, 2.45) is 0 Å². The SMILES string of the molecule is Cc1cccc(C(=O)O)c1NCc1ccccc1F. The zero-order valence-electron chi connectivity index (χ0n) is 10.5. The number of carboxylic acids is 1. The van der Waals surface area contributed by atoms with Crippen molar-refractivity contribution in [2.75, 3.05) is 5.32 Å². The molecule has 0 fully saturated rings. The zero-order valence-corrected chi connectivity index (χ0v) is 10.5. The Morgan fingerprint density at radius 3 is 2.63 bits per heavy atom. The fourth-order valence-corrected chi connectivity index (χ4v) is 1.91. The van der Waals surface area contributed by atoms with E-state index in [2.05, 4.69) is 5.32 Å². The maximum atomic E-state index is 13.5. The van der Waals surface area contributed by atoms with Crippen LogP contribution in [0.5, 0.6) is 0 Å². The van der Waals surface area contributed by atoms with Crippen LogP contribution in [0.15, 0.2) is 42.5 Å². The Kier molecular flexibility index (Phi) is 3.80. The largest absolute Gasteiger partial charge is 0.478 e. The molecule has 0 heterocycles. The van der Waals surface area contributed by atoms with Gasteiger partial charge in [0.25, 0.3) is 0 Å². The quantitative estimate of drug-likeness (QED) is 0.884. The van der Waals surface area contributed by atoms with E-state index in [0.29, 0.717) is 11.3 Å². The first-order valence-electron chi connectivity index (χ1n) is 5.90. The fourth-order valence-electron chi connectivity index (χ4n) is 1.91. The second-order valence-corrected chi connectivity index (χ2v) is 4.25. The average Bonchev–Trinajstić information content (AvgIpc) is 2.38. The highest BCUT2D eigenvalue weighted by Crippen LogP contribution is 2.21. The molecule has 2 rings (SSSR count). The molecule has 0 aliphatic carbocycles. The molecule has 2 N–H and O–H groups in total. The topological polar surface area (TPSA) is 49.3 Å². The minimum atomic E-state index is -1.00. The zero-order chi connectivity index (χ0) is 13.8. The second kappa shape index (κ2) is 5.52. The van der Waals surface area contributed by atoms with Crippen LogP contribution in [0.4, 0.5) is 10.1 Å². The molecule has 2 aromatic rings. The van der Waals surface area contributed by atoms with Crippen molar-refractivity contribution in [2.45, 2.75) is 13.5 Å². The lowest BCUT2D eigenvalue weighted by molar-refractivity contribution is 0.0698. The molecule has 0 bridgehead atoms. The fraction of sp³-hybridized carbons (Fsp3) is 0.133. The van der Waals surface area contributed by atoms with Crippen molar-refractivity contribution in [1.29, 1.82) is 0 Å². The molecule has 0 aromatic heterocycles. The lowest BCUT2D eigenvalue weighted by Crippen LogP contribution is -2.08. The number of hydrogen-bond acceptors (Lipinski definition) is 2. The van der Waals surface area contributed by atoms with E-state index in [9.17, 15) is 9.18 Å². The first kappa shape index (κ1) is 13.1. The van der Waals surface area contributed by atoms with Crippen LogP contribution in [-0.4, -0.2) is 11.1 Å². The summed E-state index contributed by atoms with van der Waals surface area (Å²) in [7, 11) is 0. The van der Waals surface area contributed by atoms with Gasteiger partial charge in [0.1, 0.15) is 5.82 Å². The lowest BCUT2D eigenvalue weighted by atomic mass is 10.1. The number of halogens is 1. The Morgan fingerprint density at radius 1 is 1.21 bits per heavy atom. The Bertz CT molecular complexity index is 611. The second-order valence-electron chi connectivity index (χ2n) is 4.25. The van der Waals surface area contributed by atoms with Gasteiger partial charge in [-0.2, -0.15) is 0 Å². The number of hydrogen-bond donors (Lipinski definition) is 2. The third-order valence-electron chi connectivity index (χ3n) is 2.92. The minimum absolute atomic E-state index is 0.191. The minimum Gasteiger partial charge on any atom is -0.478 e. The van der Waals surface area contributed by atoms with Crippen LogP contribution in [0.2, 0.25) is 0 Å². The van der Waals surface area contributed by atoms with E-state index in [0.717, 1.165) is 5.56 Å². The summed E-state index contributed by atoms with van der Waals surface area (Å²) in [5, 5.41) is 12.1. The van der Waals surface area contributed by atoms with Gasteiger partial charge in [0.05, 0.1) is 11.3 Å². The molecular formula is C15H14FNO2. The van der Waals surface area contributed by atoms with Crippen LogP contribution >= 0.6 is 0 Å². The Hall–Kier alpha value is -2.36. The summed E-state index contributed by atoms with van der Waals surface area (Å²) in [5.41, 5.74) is 2.04. The summed E-state index contributed by atoms with van der Waals surface area (Å²) in [6.07, 6.45) is 0. The van der Waals surface area contributed by atoms with Gasteiger partial charge in [-0.3, -0.25) is 0 Å². The maximum absolute atomic E-state index is 13.5. The van der Waals surface area contributed by atoms with Crippen LogP contribution < -0.4 is 5.32 Å². The van der Waals surface area contributed by atoms with Crippen LogP contribution in [0.1, 0.15) is 21.5 Å². The van der Waals surface area contributed by atoms with Crippen LogP contribution in [0.3, 0.4) is 0 Å². The molecule has 0 saturated carbocycles. The molecule has 0 aliphatic rings. The molecule has 0 amide bonds. The molecule has 4 heteroatoms. The summed E-state index contributed by atoms with van der Waals surface area (Å²) in [4.78, 5) is 11.1. The standard InChI is InChI=1S/C15H14FNO2/c1-10-5-4-7-12(15(18)19)14(10)17-9-11-6-2-3-8-13(11)16/h2-8,17H,9H2,1H3,(H,18,19). The van der Waals surface area contributed by atoms with E-state index in [1.165, 1.54) is 12.1 Å². The van der Waals surface area contributed by atoms with Gasteiger partial charge < -0.3 is 10.4 Å². The first-order valence-corrected chi connectivity index (χ1v) is 5.90. The Labute approximate surface area is 110 Å². The predicted octanol–water partition coefficient (Wildman–Crippen LogP) is 3.44. The number of rotatable bonds is 4. The van der Waals surface area contributed by atoms with Crippen molar-refractivity contribution in [3.8, 4) is 0 Å². The maximum Gasteiger partial charge on any atom is 0.337 e. The van der Waals surface area contributed by atoms with Crippen molar-refractivity contribution in [3.05, 3.63) is 65.0 Å². The number of carboxylic acid groups (broad SMARTS) is 1. The highest BCUT2D eigenvalue weighted by atomic mass is 19.1. The molecule has 98 valence electrons. The molecular weight excluding hydrogens is 245 g/mol. The molecule has 0 unspecified atom stereocenters. The van der Waals surface area contributed by atoms with Gasteiger partial charge in [-0.25, -0.2) is 9.18 Å². The average molecular weight is 259 g/mol.